The van der Waals surface area contributed by atoms with E-state index in [1.54, 1.807) is 18.2 Å². The number of carbonyl (C=O) groups is 1. The fraction of sp³-hybridized carbons (Fsp3) is 0.188. The summed E-state index contributed by atoms with van der Waals surface area (Å²) in [4.78, 5) is 10.9. The molecule has 0 saturated carbocycles. The van der Waals surface area contributed by atoms with Gasteiger partial charge in [-0.3, -0.25) is 0 Å². The second-order valence-corrected chi connectivity index (χ2v) is 4.68. The molecular weight excluding hydrogens is 224 g/mol. The van der Waals surface area contributed by atoms with Gasteiger partial charge in [-0.25, -0.2) is 4.79 Å². The Labute approximate surface area is 107 Å². The number of benzene rings is 2. The van der Waals surface area contributed by atoms with E-state index in [4.69, 9.17) is 5.11 Å². The minimum Gasteiger partial charge on any atom is -0.478 e. The van der Waals surface area contributed by atoms with Crippen molar-refractivity contribution in [2.45, 2.75) is 20.3 Å². The molecule has 0 heterocycles. The lowest BCUT2D eigenvalue weighted by Crippen LogP contribution is -1.98. The van der Waals surface area contributed by atoms with Gasteiger partial charge in [-0.15, -0.1) is 0 Å². The van der Waals surface area contributed by atoms with Crippen LogP contribution in [0.5, 0.6) is 0 Å². The van der Waals surface area contributed by atoms with E-state index >= 15 is 0 Å². The van der Waals surface area contributed by atoms with E-state index < -0.39 is 5.97 Å². The fourth-order valence-electron chi connectivity index (χ4n) is 2.22. The van der Waals surface area contributed by atoms with E-state index in [1.165, 1.54) is 16.7 Å². The maximum absolute atomic E-state index is 10.9. The molecule has 2 rings (SSSR count). The van der Waals surface area contributed by atoms with E-state index in [9.17, 15) is 4.79 Å². The zero-order chi connectivity index (χ0) is 13.1. The van der Waals surface area contributed by atoms with E-state index in [0.717, 1.165) is 12.0 Å². The molecule has 0 atom stereocenters. The number of hydrogen-bond acceptors (Lipinski definition) is 1. The lowest BCUT2D eigenvalue weighted by atomic mass is 9.99. The van der Waals surface area contributed by atoms with Crippen molar-refractivity contribution in [2.24, 2.45) is 0 Å². The Morgan fingerprint density at radius 2 is 1.67 bits per heavy atom. The molecule has 0 amide bonds. The van der Waals surface area contributed by atoms with Gasteiger partial charge in [0.2, 0.25) is 0 Å². The van der Waals surface area contributed by atoms with Gasteiger partial charge in [0.15, 0.2) is 0 Å². The number of carboxylic acid groups (broad SMARTS) is 1. The highest BCUT2D eigenvalue weighted by atomic mass is 16.4. The van der Waals surface area contributed by atoms with Crippen molar-refractivity contribution < 1.29 is 9.90 Å². The van der Waals surface area contributed by atoms with E-state index in [0.29, 0.717) is 5.56 Å². The van der Waals surface area contributed by atoms with E-state index in [1.807, 2.05) is 6.07 Å². The lowest BCUT2D eigenvalue weighted by molar-refractivity contribution is 0.0697. The lowest BCUT2D eigenvalue weighted by Gasteiger charge is -2.06. The minimum absolute atomic E-state index is 0.344. The van der Waals surface area contributed by atoms with Crippen LogP contribution in [0.4, 0.5) is 0 Å². The van der Waals surface area contributed by atoms with Crippen molar-refractivity contribution >= 4 is 5.97 Å². The molecule has 0 aliphatic carbocycles. The van der Waals surface area contributed by atoms with Crippen LogP contribution in [-0.4, -0.2) is 11.1 Å². The van der Waals surface area contributed by atoms with Crippen molar-refractivity contribution in [1.29, 1.82) is 0 Å². The Balaban J connectivity index is 2.28. The summed E-state index contributed by atoms with van der Waals surface area (Å²) in [6, 6.07) is 13.5. The van der Waals surface area contributed by atoms with Gasteiger partial charge < -0.3 is 5.11 Å². The normalized spacial score (nSPS) is 10.3. The van der Waals surface area contributed by atoms with Gasteiger partial charge in [-0.2, -0.15) is 0 Å². The largest absolute Gasteiger partial charge is 0.478 e. The first-order valence-electron chi connectivity index (χ1n) is 5.94. The van der Waals surface area contributed by atoms with Gasteiger partial charge in [0, 0.05) is 0 Å². The third-order valence-corrected chi connectivity index (χ3v) is 2.86. The highest BCUT2D eigenvalue weighted by molar-refractivity contribution is 5.87. The van der Waals surface area contributed by atoms with Crippen molar-refractivity contribution in [1.82, 2.24) is 0 Å². The average molecular weight is 240 g/mol. The predicted molar refractivity (Wildman–Crippen MR) is 72.1 cm³/mol. The van der Waals surface area contributed by atoms with Crippen LogP contribution >= 0.6 is 0 Å². The molecule has 0 bridgehead atoms. The van der Waals surface area contributed by atoms with Crippen molar-refractivity contribution in [3.05, 3.63) is 70.3 Å². The summed E-state index contributed by atoms with van der Waals surface area (Å²) in [6.07, 6.45) is 0.767. The SMILES string of the molecule is Cc1cc(C)cc(Cc2cccc(C(=O)O)c2)c1. The van der Waals surface area contributed by atoms with Crippen LogP contribution in [0, 0.1) is 13.8 Å². The minimum atomic E-state index is -0.878. The monoisotopic (exact) mass is 240 g/mol. The number of hydrogen-bond donors (Lipinski definition) is 1. The maximum Gasteiger partial charge on any atom is 0.335 e. The van der Waals surface area contributed by atoms with Gasteiger partial charge in [0.1, 0.15) is 0 Å². The third kappa shape index (κ3) is 2.98. The molecule has 1 N–H and O–H groups in total. The first-order chi connectivity index (χ1) is 8.54. The van der Waals surface area contributed by atoms with Gasteiger partial charge in [-0.05, 0) is 43.5 Å². The van der Waals surface area contributed by atoms with Crippen LogP contribution in [0.15, 0.2) is 42.5 Å². The van der Waals surface area contributed by atoms with Crippen molar-refractivity contribution in [3.63, 3.8) is 0 Å². The maximum atomic E-state index is 10.9. The molecule has 0 aliphatic heterocycles. The standard InChI is InChI=1S/C16H16O2/c1-11-6-12(2)8-14(7-11)9-13-4-3-5-15(10-13)16(17)18/h3-8,10H,9H2,1-2H3,(H,17,18). The summed E-state index contributed by atoms with van der Waals surface area (Å²) >= 11 is 0. The van der Waals surface area contributed by atoms with Gasteiger partial charge in [0.05, 0.1) is 5.56 Å². The second kappa shape index (κ2) is 5.05. The molecule has 2 heteroatoms. The van der Waals surface area contributed by atoms with Gasteiger partial charge >= 0.3 is 5.97 Å². The summed E-state index contributed by atoms with van der Waals surface area (Å²) < 4.78 is 0. The molecule has 0 aromatic heterocycles. The number of aryl methyl sites for hydroxylation is 2. The Hall–Kier alpha value is -2.09. The summed E-state index contributed by atoms with van der Waals surface area (Å²) in [5.74, 6) is -0.878. The first-order valence-corrected chi connectivity index (χ1v) is 5.94. The van der Waals surface area contributed by atoms with Crippen LogP contribution in [-0.2, 0) is 6.42 Å². The van der Waals surface area contributed by atoms with Crippen LogP contribution < -0.4 is 0 Å². The quantitative estimate of drug-likeness (QED) is 0.890. The summed E-state index contributed by atoms with van der Waals surface area (Å²) in [5, 5.41) is 8.96. The number of rotatable bonds is 3. The molecule has 92 valence electrons. The molecule has 0 saturated heterocycles. The average Bonchev–Trinajstić information content (AvgIpc) is 2.27. The van der Waals surface area contributed by atoms with Crippen LogP contribution in [0.25, 0.3) is 0 Å². The molecule has 0 aliphatic rings. The molecular formula is C16H16O2. The van der Waals surface area contributed by atoms with Crippen LogP contribution in [0.2, 0.25) is 0 Å². The molecule has 0 radical (unpaired) electrons. The summed E-state index contributed by atoms with van der Waals surface area (Å²) in [7, 11) is 0. The van der Waals surface area contributed by atoms with Crippen LogP contribution in [0.1, 0.15) is 32.6 Å². The Morgan fingerprint density at radius 1 is 1.00 bits per heavy atom. The highest BCUT2D eigenvalue weighted by Crippen LogP contribution is 2.15. The zero-order valence-corrected chi connectivity index (χ0v) is 10.6. The fourth-order valence-corrected chi connectivity index (χ4v) is 2.22. The van der Waals surface area contributed by atoms with Crippen LogP contribution in [0.3, 0.4) is 0 Å². The molecule has 2 nitrogen and oxygen atoms in total. The van der Waals surface area contributed by atoms with Gasteiger partial charge in [-0.1, -0.05) is 41.5 Å². The summed E-state index contributed by atoms with van der Waals surface area (Å²) in [6.45, 7) is 4.15. The Bertz CT molecular complexity index is 565. The molecule has 0 fully saturated rings. The topological polar surface area (TPSA) is 37.3 Å². The Kier molecular flexibility index (Phi) is 3.47. The highest BCUT2D eigenvalue weighted by Gasteiger charge is 2.04. The predicted octanol–water partition coefficient (Wildman–Crippen LogP) is 3.59. The second-order valence-electron chi connectivity index (χ2n) is 4.68. The zero-order valence-electron chi connectivity index (χ0n) is 10.6. The number of aromatic carboxylic acids is 1. The third-order valence-electron chi connectivity index (χ3n) is 2.86. The summed E-state index contributed by atoms with van der Waals surface area (Å²) in [5.41, 5.74) is 5.06. The molecule has 2 aromatic carbocycles. The van der Waals surface area contributed by atoms with E-state index in [2.05, 4.69) is 32.0 Å². The van der Waals surface area contributed by atoms with Gasteiger partial charge in [0.25, 0.3) is 0 Å². The molecule has 0 unspecified atom stereocenters. The van der Waals surface area contributed by atoms with Crippen molar-refractivity contribution in [2.75, 3.05) is 0 Å². The smallest absolute Gasteiger partial charge is 0.335 e. The molecule has 18 heavy (non-hydrogen) atoms. The number of carboxylic acids is 1. The molecule has 0 spiro atoms. The van der Waals surface area contributed by atoms with E-state index in [-0.39, 0.29) is 0 Å². The molecule has 2 aromatic rings. The Morgan fingerprint density at radius 3 is 2.28 bits per heavy atom. The first kappa shape index (κ1) is 12.4. The van der Waals surface area contributed by atoms with Crippen molar-refractivity contribution in [3.8, 4) is 0 Å².